The molecule has 25 heavy (non-hydrogen) atoms. The minimum atomic E-state index is -1.31. The van der Waals surface area contributed by atoms with Gasteiger partial charge < -0.3 is 26.4 Å². The third kappa shape index (κ3) is 5.89. The molecule has 0 fully saturated rings. The Labute approximate surface area is 143 Å². The summed E-state index contributed by atoms with van der Waals surface area (Å²) in [5.41, 5.74) is 7.98. The minimum absolute atomic E-state index is 0.0155. The van der Waals surface area contributed by atoms with Crippen molar-refractivity contribution >= 4 is 17.5 Å². The van der Waals surface area contributed by atoms with Crippen LogP contribution in [-0.2, 0) is 20.8 Å². The van der Waals surface area contributed by atoms with Gasteiger partial charge in [-0.2, -0.15) is 0 Å². The maximum absolute atomic E-state index is 12.4. The first-order chi connectivity index (χ1) is 11.8. The van der Waals surface area contributed by atoms with E-state index in [9.17, 15) is 19.5 Å². The smallest absolute Gasteiger partial charge is 0.239 e. The zero-order valence-corrected chi connectivity index (χ0v) is 13.4. The lowest BCUT2D eigenvalue weighted by molar-refractivity contribution is -0.140. The predicted molar refractivity (Wildman–Crippen MR) is 87.0 cm³/mol. The van der Waals surface area contributed by atoms with Gasteiger partial charge in [0, 0.05) is 6.42 Å². The SMILES string of the molecule is NN[C@@H](CO)C(=O)C(=O)[C@H](Cc1ccc(O)cc1)NC(=O)[C@@H](N)CO. The number of hydrogen-bond donors (Lipinski definition) is 7. The molecule has 0 bridgehead atoms. The van der Waals surface area contributed by atoms with Crippen LogP contribution in [0.15, 0.2) is 24.3 Å². The van der Waals surface area contributed by atoms with Crippen molar-refractivity contribution in [3.8, 4) is 5.75 Å². The fourth-order valence-electron chi connectivity index (χ4n) is 1.99. The van der Waals surface area contributed by atoms with Crippen molar-refractivity contribution in [2.45, 2.75) is 24.5 Å². The molecule has 9 N–H and O–H groups in total. The van der Waals surface area contributed by atoms with Crippen LogP contribution in [0.5, 0.6) is 5.75 Å². The molecule has 0 aliphatic rings. The average Bonchev–Trinajstić information content (AvgIpc) is 2.62. The quantitative estimate of drug-likeness (QED) is 0.128. The van der Waals surface area contributed by atoms with E-state index in [1.807, 2.05) is 5.43 Å². The second kappa shape index (κ2) is 9.81. The lowest BCUT2D eigenvalue weighted by Gasteiger charge is -2.21. The van der Waals surface area contributed by atoms with Gasteiger partial charge in [-0.1, -0.05) is 12.1 Å². The molecule has 0 heterocycles. The van der Waals surface area contributed by atoms with Crippen molar-refractivity contribution in [1.29, 1.82) is 0 Å². The molecule has 0 aromatic heterocycles. The number of aliphatic hydroxyl groups is 2. The number of aromatic hydroxyl groups is 1. The molecule has 0 saturated carbocycles. The van der Waals surface area contributed by atoms with Crippen LogP contribution in [0.4, 0.5) is 0 Å². The number of aliphatic hydroxyl groups excluding tert-OH is 2. The summed E-state index contributed by atoms with van der Waals surface area (Å²) in [6, 6.07) is 1.97. The molecular weight excluding hydrogens is 332 g/mol. The summed E-state index contributed by atoms with van der Waals surface area (Å²) < 4.78 is 0. The van der Waals surface area contributed by atoms with E-state index in [2.05, 4.69) is 5.32 Å². The summed E-state index contributed by atoms with van der Waals surface area (Å²) in [5, 5.41) is 29.6. The summed E-state index contributed by atoms with van der Waals surface area (Å²) in [6.45, 7) is -1.33. The highest BCUT2D eigenvalue weighted by Crippen LogP contribution is 2.12. The van der Waals surface area contributed by atoms with Crippen molar-refractivity contribution in [3.63, 3.8) is 0 Å². The van der Waals surface area contributed by atoms with Gasteiger partial charge in [-0.05, 0) is 17.7 Å². The number of rotatable bonds is 10. The fraction of sp³-hybridized carbons (Fsp3) is 0.400. The van der Waals surface area contributed by atoms with E-state index in [0.29, 0.717) is 5.56 Å². The van der Waals surface area contributed by atoms with E-state index < -0.39 is 48.8 Å². The van der Waals surface area contributed by atoms with Gasteiger partial charge in [-0.3, -0.25) is 20.2 Å². The zero-order valence-electron chi connectivity index (χ0n) is 13.4. The molecule has 0 radical (unpaired) electrons. The maximum atomic E-state index is 12.4. The molecule has 0 saturated heterocycles. The molecule has 0 aliphatic heterocycles. The number of phenols is 1. The van der Waals surface area contributed by atoms with E-state index in [-0.39, 0.29) is 12.2 Å². The lowest BCUT2D eigenvalue weighted by atomic mass is 9.97. The van der Waals surface area contributed by atoms with Crippen LogP contribution in [-0.4, -0.2) is 64.1 Å². The topological polar surface area (TPSA) is 188 Å². The predicted octanol–water partition coefficient (Wildman–Crippen LogP) is -3.30. The third-order valence-corrected chi connectivity index (χ3v) is 3.49. The van der Waals surface area contributed by atoms with Crippen molar-refractivity contribution in [1.82, 2.24) is 10.7 Å². The minimum Gasteiger partial charge on any atom is -0.508 e. The molecule has 3 atom stereocenters. The highest BCUT2D eigenvalue weighted by Gasteiger charge is 2.32. The number of carbonyl (C=O) groups is 3. The van der Waals surface area contributed by atoms with Gasteiger partial charge in [0.1, 0.15) is 17.8 Å². The Morgan fingerprint density at radius 3 is 2.04 bits per heavy atom. The van der Waals surface area contributed by atoms with E-state index in [4.69, 9.17) is 21.8 Å². The molecule has 138 valence electrons. The fourth-order valence-corrected chi connectivity index (χ4v) is 1.99. The van der Waals surface area contributed by atoms with Crippen LogP contribution in [0.3, 0.4) is 0 Å². The maximum Gasteiger partial charge on any atom is 0.239 e. The largest absolute Gasteiger partial charge is 0.508 e. The van der Waals surface area contributed by atoms with Crippen LogP contribution < -0.4 is 22.3 Å². The summed E-state index contributed by atoms with van der Waals surface area (Å²) in [7, 11) is 0. The molecule has 1 rings (SSSR count). The van der Waals surface area contributed by atoms with E-state index in [0.717, 1.165) is 0 Å². The van der Waals surface area contributed by atoms with Gasteiger partial charge in [-0.25, -0.2) is 5.43 Å². The van der Waals surface area contributed by atoms with Crippen molar-refractivity contribution in [3.05, 3.63) is 29.8 Å². The molecule has 1 amide bonds. The van der Waals surface area contributed by atoms with Crippen LogP contribution in [0.2, 0.25) is 0 Å². The Morgan fingerprint density at radius 2 is 1.56 bits per heavy atom. The first-order valence-electron chi connectivity index (χ1n) is 7.43. The Kier molecular flexibility index (Phi) is 8.11. The number of hydrazine groups is 1. The zero-order chi connectivity index (χ0) is 19.0. The highest BCUT2D eigenvalue weighted by molar-refractivity contribution is 6.41. The molecule has 10 nitrogen and oxygen atoms in total. The van der Waals surface area contributed by atoms with Crippen LogP contribution in [0.1, 0.15) is 5.56 Å². The summed E-state index contributed by atoms with van der Waals surface area (Å²) in [6.07, 6.45) is -0.0581. The molecule has 1 aromatic rings. The van der Waals surface area contributed by atoms with Crippen molar-refractivity contribution in [2.75, 3.05) is 13.2 Å². The first-order valence-corrected chi connectivity index (χ1v) is 7.43. The number of phenolic OH excluding ortho intramolecular Hbond substituents is 1. The number of amides is 1. The van der Waals surface area contributed by atoms with Gasteiger partial charge >= 0.3 is 0 Å². The van der Waals surface area contributed by atoms with Gasteiger partial charge in [0.05, 0.1) is 19.3 Å². The Morgan fingerprint density at radius 1 is 1.00 bits per heavy atom. The van der Waals surface area contributed by atoms with Crippen molar-refractivity contribution < 1.29 is 29.7 Å². The van der Waals surface area contributed by atoms with E-state index in [1.165, 1.54) is 24.3 Å². The molecule has 0 spiro atoms. The summed E-state index contributed by atoms with van der Waals surface area (Å²) in [5.74, 6) is 2.32. The average molecular weight is 354 g/mol. The Bertz CT molecular complexity index is 603. The standard InChI is InChI=1S/C15H22N4O6/c16-10(6-20)15(25)18-11(5-8-1-3-9(22)4-2-8)13(23)14(24)12(7-21)19-17/h1-4,10-12,19-22H,5-7,16-17H2,(H,18,25)/t10-,11-,12-/m0/s1. The van der Waals surface area contributed by atoms with E-state index in [1.54, 1.807) is 0 Å². The number of nitrogens with two attached hydrogens (primary N) is 2. The second-order valence-corrected chi connectivity index (χ2v) is 5.35. The number of Topliss-reactive ketones (excluding diaryl/α,β-unsaturated/α-hetero) is 2. The first kappa shape index (κ1) is 20.7. The Hall–Kier alpha value is -2.37. The molecule has 10 heteroatoms. The van der Waals surface area contributed by atoms with Crippen LogP contribution in [0.25, 0.3) is 0 Å². The lowest BCUT2D eigenvalue weighted by Crippen LogP contribution is -2.55. The number of benzene rings is 1. The van der Waals surface area contributed by atoms with E-state index >= 15 is 0 Å². The number of ketones is 2. The van der Waals surface area contributed by atoms with Crippen LogP contribution >= 0.6 is 0 Å². The number of hydrogen-bond acceptors (Lipinski definition) is 9. The second-order valence-electron chi connectivity index (χ2n) is 5.35. The number of nitrogens with one attached hydrogen (secondary N) is 2. The molecule has 0 aliphatic carbocycles. The van der Waals surface area contributed by atoms with Gasteiger partial charge in [0.15, 0.2) is 0 Å². The van der Waals surface area contributed by atoms with Crippen LogP contribution in [0, 0.1) is 0 Å². The van der Waals surface area contributed by atoms with Crippen molar-refractivity contribution in [2.24, 2.45) is 11.6 Å². The molecule has 1 aromatic carbocycles. The molecular formula is C15H22N4O6. The Balaban J connectivity index is 3.00. The van der Waals surface area contributed by atoms with Gasteiger partial charge in [-0.15, -0.1) is 0 Å². The summed E-state index contributed by atoms with van der Waals surface area (Å²) in [4.78, 5) is 36.4. The third-order valence-electron chi connectivity index (χ3n) is 3.49. The normalized spacial score (nSPS) is 14.4. The monoisotopic (exact) mass is 354 g/mol. The number of carbonyl (C=O) groups excluding carboxylic acids is 3. The highest BCUT2D eigenvalue weighted by atomic mass is 16.3. The summed E-state index contributed by atoms with van der Waals surface area (Å²) >= 11 is 0. The van der Waals surface area contributed by atoms with Gasteiger partial charge in [0.25, 0.3) is 0 Å². The molecule has 0 unspecified atom stereocenters. The van der Waals surface area contributed by atoms with Gasteiger partial charge in [0.2, 0.25) is 17.5 Å².